The Balaban J connectivity index is 3.97. The molecule has 0 aliphatic carbocycles. The van der Waals surface area contributed by atoms with Crippen molar-refractivity contribution in [2.45, 2.75) is 108 Å². The van der Waals surface area contributed by atoms with Gasteiger partial charge in [-0.3, -0.25) is 25.0 Å². The number of allylic oxidation sites excluding steroid dienone is 8. The highest BCUT2D eigenvalue weighted by Crippen LogP contribution is 2.19. The Morgan fingerprint density at radius 3 is 2.04 bits per heavy atom. The number of carboxylic acids is 1. The monoisotopic (exact) mass is 638 g/mol. The second-order valence-electron chi connectivity index (χ2n) is 11.1. The lowest BCUT2D eigenvalue weighted by Crippen LogP contribution is -2.45. The maximum Gasteiger partial charge on any atom is 0.322 e. The zero-order valence-corrected chi connectivity index (χ0v) is 26.3. The van der Waals surface area contributed by atoms with Gasteiger partial charge in [-0.25, -0.2) is 5.06 Å². The minimum atomic E-state index is -1.89. The number of hydroxylamine groups is 2. The summed E-state index contributed by atoms with van der Waals surface area (Å²) in [5, 5.41) is 67.8. The van der Waals surface area contributed by atoms with Crippen LogP contribution in [-0.4, -0.2) is 96.9 Å². The number of rotatable bonds is 26. The van der Waals surface area contributed by atoms with E-state index in [9.17, 15) is 40.0 Å². The molecule has 1 amide bonds. The number of aliphatic hydroxyl groups excluding tert-OH is 4. The van der Waals surface area contributed by atoms with Crippen molar-refractivity contribution in [2.75, 3.05) is 13.1 Å². The van der Waals surface area contributed by atoms with Gasteiger partial charge in [-0.15, -0.1) is 0 Å². The average Bonchev–Trinajstić information content (AvgIpc) is 2.98. The lowest BCUT2D eigenvalue weighted by Gasteiger charge is -2.24. The number of aliphatic carboxylic acids is 1. The van der Waals surface area contributed by atoms with Gasteiger partial charge in [0.1, 0.15) is 6.54 Å². The minimum absolute atomic E-state index is 0.0358. The molecule has 0 radical (unpaired) electrons. The molecule has 0 rings (SSSR count). The van der Waals surface area contributed by atoms with Gasteiger partial charge >= 0.3 is 5.97 Å². The highest BCUT2D eigenvalue weighted by atomic mass is 16.5. The summed E-state index contributed by atoms with van der Waals surface area (Å²) in [5.74, 6) is -2.74. The van der Waals surface area contributed by atoms with E-state index in [0.717, 1.165) is 56.4 Å². The number of nitrogens with two attached hydrogens (primary N) is 1. The highest BCUT2D eigenvalue weighted by Gasteiger charge is 2.28. The molecule has 0 aliphatic rings. The van der Waals surface area contributed by atoms with Crippen LogP contribution in [0, 0.1) is 11.3 Å². The lowest BCUT2D eigenvalue weighted by atomic mass is 9.92. The number of unbranched alkanes of at least 4 members (excludes halogenated alkanes) is 5. The van der Waals surface area contributed by atoms with E-state index in [1.54, 1.807) is 12.2 Å². The van der Waals surface area contributed by atoms with E-state index >= 15 is 0 Å². The standard InChI is InChI=1S/C32H54N4O9/c1-24(27(39)21-26(38)22-28(40)30(43)31(44)35-23-29(41)42)17-13-9-5-2-3-6-10-14-18-25(37)19-15-11-7-4-8-12-16-20-36(45)32(33)34/h2-3,5-7,11,15,19,24,26-28,30,38-40,43,45H,4,8-10,12-14,16-18,20-23H2,1H3,(H3,33,34)(H,35,44)(H,41,42). The van der Waals surface area contributed by atoms with Crippen LogP contribution in [-0.2, 0) is 14.4 Å². The Morgan fingerprint density at radius 1 is 0.844 bits per heavy atom. The van der Waals surface area contributed by atoms with Gasteiger partial charge in [0.15, 0.2) is 11.9 Å². The third kappa shape index (κ3) is 23.7. The largest absolute Gasteiger partial charge is 0.480 e. The van der Waals surface area contributed by atoms with Crippen LogP contribution in [0.25, 0.3) is 0 Å². The Bertz CT molecular complexity index is 984. The van der Waals surface area contributed by atoms with E-state index in [4.69, 9.17) is 16.2 Å². The number of hydrogen-bond donors (Lipinski definition) is 9. The zero-order valence-electron chi connectivity index (χ0n) is 26.3. The van der Waals surface area contributed by atoms with Crippen LogP contribution in [0.1, 0.15) is 84.0 Å². The summed E-state index contributed by atoms with van der Waals surface area (Å²) in [4.78, 5) is 34.1. The first-order chi connectivity index (χ1) is 21.3. The number of amides is 1. The second-order valence-corrected chi connectivity index (χ2v) is 11.1. The Hall–Kier alpha value is -3.36. The van der Waals surface area contributed by atoms with E-state index < -0.39 is 42.8 Å². The number of carbonyl (C=O) groups excluding carboxylic acids is 2. The second kappa shape index (κ2) is 25.9. The highest BCUT2D eigenvalue weighted by molar-refractivity contribution is 5.89. The number of guanidine groups is 1. The Labute approximate surface area is 266 Å². The molecule has 13 nitrogen and oxygen atoms in total. The fourth-order valence-corrected chi connectivity index (χ4v) is 4.19. The summed E-state index contributed by atoms with van der Waals surface area (Å²) in [6.45, 7) is 1.50. The normalized spacial score (nSPS) is 15.4. The molecular formula is C32H54N4O9. The van der Waals surface area contributed by atoms with Crippen LogP contribution in [0.2, 0.25) is 0 Å². The van der Waals surface area contributed by atoms with E-state index in [0.29, 0.717) is 19.4 Å². The van der Waals surface area contributed by atoms with Crippen LogP contribution in [0.3, 0.4) is 0 Å². The molecule has 0 bridgehead atoms. The average molecular weight is 639 g/mol. The maximum atomic E-state index is 11.9. The van der Waals surface area contributed by atoms with Crippen LogP contribution < -0.4 is 11.1 Å². The van der Waals surface area contributed by atoms with Gasteiger partial charge in [-0.1, -0.05) is 55.9 Å². The molecule has 0 aromatic carbocycles. The van der Waals surface area contributed by atoms with E-state index in [1.165, 1.54) is 0 Å². The van der Waals surface area contributed by atoms with Crippen LogP contribution in [0.4, 0.5) is 0 Å². The number of carbonyl (C=O) groups is 3. The molecule has 5 unspecified atom stereocenters. The summed E-state index contributed by atoms with van der Waals surface area (Å²) in [6.07, 6.45) is 17.1. The van der Waals surface area contributed by atoms with Crippen molar-refractivity contribution < 1.29 is 45.1 Å². The lowest BCUT2D eigenvalue weighted by molar-refractivity contribution is -0.142. The van der Waals surface area contributed by atoms with Crippen LogP contribution in [0.15, 0.2) is 48.6 Å². The molecule has 0 aromatic heterocycles. The summed E-state index contributed by atoms with van der Waals surface area (Å²) < 4.78 is 0. The summed E-state index contributed by atoms with van der Waals surface area (Å²) in [7, 11) is 0. The van der Waals surface area contributed by atoms with Gasteiger partial charge in [0.05, 0.1) is 18.3 Å². The number of carboxylic acid groups (broad SMARTS) is 1. The van der Waals surface area contributed by atoms with Crippen molar-refractivity contribution in [2.24, 2.45) is 11.7 Å². The molecular weight excluding hydrogens is 584 g/mol. The van der Waals surface area contributed by atoms with Crippen molar-refractivity contribution in [1.29, 1.82) is 5.41 Å². The summed E-state index contributed by atoms with van der Waals surface area (Å²) >= 11 is 0. The molecule has 45 heavy (non-hydrogen) atoms. The fourth-order valence-electron chi connectivity index (χ4n) is 4.19. The van der Waals surface area contributed by atoms with Gasteiger partial charge < -0.3 is 36.6 Å². The number of ketones is 1. The summed E-state index contributed by atoms with van der Waals surface area (Å²) in [5.41, 5.74) is 5.15. The van der Waals surface area contributed by atoms with Gasteiger partial charge in [-0.05, 0) is 69.8 Å². The van der Waals surface area contributed by atoms with Crippen LogP contribution in [0.5, 0.6) is 0 Å². The number of hydrogen-bond acceptors (Lipinski definition) is 9. The van der Waals surface area contributed by atoms with Gasteiger partial charge in [0, 0.05) is 19.4 Å². The van der Waals surface area contributed by atoms with Crippen LogP contribution >= 0.6 is 0 Å². The quantitative estimate of drug-likeness (QED) is 0.0166. The van der Waals surface area contributed by atoms with E-state index in [1.807, 2.05) is 48.7 Å². The molecule has 0 aromatic rings. The third-order valence-electron chi connectivity index (χ3n) is 6.99. The van der Waals surface area contributed by atoms with Crippen molar-refractivity contribution in [3.63, 3.8) is 0 Å². The molecule has 256 valence electrons. The molecule has 5 atom stereocenters. The maximum absolute atomic E-state index is 11.9. The topological polar surface area (TPSA) is 238 Å². The first-order valence-electron chi connectivity index (χ1n) is 15.5. The van der Waals surface area contributed by atoms with Gasteiger partial charge in [0.25, 0.3) is 5.91 Å². The smallest absolute Gasteiger partial charge is 0.322 e. The number of nitrogens with zero attached hydrogens (tertiary/aromatic N) is 1. The predicted molar refractivity (Wildman–Crippen MR) is 171 cm³/mol. The SMILES string of the molecule is CC(CCCC=CC=CCCCC(=O)C=CC=CCCCCCN(O)C(=N)N)C(O)CC(O)CC(O)C(O)C(=O)NCC(=O)O. The Morgan fingerprint density at radius 2 is 1.42 bits per heavy atom. The van der Waals surface area contributed by atoms with Crippen molar-refractivity contribution in [1.82, 2.24) is 10.4 Å². The molecule has 0 spiro atoms. The molecule has 0 aliphatic heterocycles. The third-order valence-corrected chi connectivity index (χ3v) is 6.99. The first-order valence-corrected chi connectivity index (χ1v) is 15.5. The van der Waals surface area contributed by atoms with Crippen molar-refractivity contribution in [3.8, 4) is 0 Å². The predicted octanol–water partition coefficient (Wildman–Crippen LogP) is 2.33. The molecule has 0 saturated carbocycles. The van der Waals surface area contributed by atoms with E-state index in [2.05, 4.69) is 0 Å². The zero-order chi connectivity index (χ0) is 34.0. The molecule has 13 heteroatoms. The Kier molecular flexibility index (Phi) is 24.0. The van der Waals surface area contributed by atoms with Gasteiger partial charge in [0.2, 0.25) is 5.96 Å². The number of aliphatic hydroxyl groups is 4. The summed E-state index contributed by atoms with van der Waals surface area (Å²) in [6, 6.07) is 0. The molecule has 0 fully saturated rings. The van der Waals surface area contributed by atoms with Crippen molar-refractivity contribution >= 4 is 23.6 Å². The van der Waals surface area contributed by atoms with E-state index in [-0.39, 0.29) is 30.5 Å². The molecule has 0 saturated heterocycles. The molecule has 10 N–H and O–H groups in total. The molecule has 0 heterocycles. The fraction of sp³-hybridized carbons (Fsp3) is 0.625. The number of nitrogens with one attached hydrogen (secondary N) is 2. The minimum Gasteiger partial charge on any atom is -0.480 e. The van der Waals surface area contributed by atoms with Gasteiger partial charge in [-0.2, -0.15) is 0 Å². The first kappa shape index (κ1) is 41.6. The van der Waals surface area contributed by atoms with Crippen molar-refractivity contribution in [3.05, 3.63) is 48.6 Å².